The van der Waals surface area contributed by atoms with Gasteiger partial charge in [0.1, 0.15) is 8.07 Å². The number of hydrogen-bond donors (Lipinski definition) is 0. The third-order valence-corrected chi connectivity index (χ3v) is 11.9. The molecule has 3 heteroatoms. The summed E-state index contributed by atoms with van der Waals surface area (Å²) in [5, 5.41) is 13.6. The van der Waals surface area contributed by atoms with E-state index in [4.69, 9.17) is 0 Å². The summed E-state index contributed by atoms with van der Waals surface area (Å²) in [6.45, 7) is 17.8. The Morgan fingerprint density at radius 2 is 1.48 bits per heavy atom. The molecule has 1 aromatic heterocycles. The summed E-state index contributed by atoms with van der Waals surface area (Å²) in [4.78, 5) is 0. The average molecular weight is 354 g/mol. The number of nitrogens with zero attached hydrogens (tertiary/aromatic N) is 1. The van der Waals surface area contributed by atoms with Gasteiger partial charge in [0.15, 0.2) is 5.69 Å². The van der Waals surface area contributed by atoms with Crippen LogP contribution in [-0.2, 0) is 0 Å². The zero-order valence-electron chi connectivity index (χ0n) is 16.9. The smallest absolute Gasteiger partial charge is 0.239 e. The van der Waals surface area contributed by atoms with Crippen molar-refractivity contribution in [3.63, 3.8) is 0 Å². The summed E-state index contributed by atoms with van der Waals surface area (Å²) in [6, 6.07) is 8.02. The Labute approximate surface area is 153 Å². The van der Waals surface area contributed by atoms with Gasteiger partial charge in [-0.05, 0) is 47.3 Å². The van der Waals surface area contributed by atoms with Crippen molar-refractivity contribution in [3.05, 3.63) is 46.3 Å². The number of hydrogen-bond acceptors (Lipinski definition) is 1. The molecule has 0 atom stereocenters. The minimum absolute atomic E-state index is 0.581. The van der Waals surface area contributed by atoms with Gasteiger partial charge in [0.25, 0.3) is 0 Å². The van der Waals surface area contributed by atoms with Crippen molar-refractivity contribution in [1.82, 2.24) is 0 Å². The molecule has 0 aliphatic rings. The largest absolute Gasteiger partial charge is 0.618 e. The van der Waals surface area contributed by atoms with Gasteiger partial charge in [-0.25, -0.2) is 0 Å². The van der Waals surface area contributed by atoms with E-state index in [1.165, 1.54) is 0 Å². The van der Waals surface area contributed by atoms with Gasteiger partial charge < -0.3 is 5.21 Å². The summed E-state index contributed by atoms with van der Waals surface area (Å²) in [7, 11) is -1.82. The third-order valence-electron chi connectivity index (χ3n) is 5.59. The minimum Gasteiger partial charge on any atom is -0.618 e. The highest BCUT2D eigenvalue weighted by molar-refractivity contribution is 6.90. The highest BCUT2D eigenvalue weighted by Crippen LogP contribution is 2.40. The van der Waals surface area contributed by atoms with Crippen molar-refractivity contribution in [2.75, 3.05) is 0 Å². The van der Waals surface area contributed by atoms with Crippen LogP contribution in [0.1, 0.15) is 58.4 Å². The molecule has 0 unspecified atom stereocenters. The van der Waals surface area contributed by atoms with E-state index in [2.05, 4.69) is 72.1 Å². The van der Waals surface area contributed by atoms with Gasteiger partial charge >= 0.3 is 0 Å². The highest BCUT2D eigenvalue weighted by Gasteiger charge is 2.41. The van der Waals surface area contributed by atoms with Gasteiger partial charge in [-0.1, -0.05) is 47.5 Å². The second-order valence-corrected chi connectivity index (χ2v) is 13.7. The Balaban J connectivity index is 2.76. The lowest BCUT2D eigenvalue weighted by atomic mass is 10.1. The van der Waals surface area contributed by atoms with Crippen LogP contribution in [0.25, 0.3) is 10.9 Å². The van der Waals surface area contributed by atoms with Crippen molar-refractivity contribution in [1.29, 1.82) is 0 Å². The topological polar surface area (TPSA) is 26.9 Å². The summed E-state index contributed by atoms with van der Waals surface area (Å²) in [5.74, 6) is 3.47. The Bertz CT molecular complexity index is 819. The molecule has 0 fully saturated rings. The van der Waals surface area contributed by atoms with Gasteiger partial charge in [0.2, 0.25) is 5.52 Å². The SMILES string of the molecule is Cc1cc(C#C[Si](C(C)C)(C(C)C)C(C)C)c2c(ccc(C)[n+]2[O-])c1. The van der Waals surface area contributed by atoms with E-state index >= 15 is 0 Å². The summed E-state index contributed by atoms with van der Waals surface area (Å²) in [6.07, 6.45) is 0. The van der Waals surface area contributed by atoms with Crippen LogP contribution in [0.2, 0.25) is 16.6 Å². The maximum absolute atomic E-state index is 12.6. The van der Waals surface area contributed by atoms with Crippen LogP contribution >= 0.6 is 0 Å². The standard InChI is InChI=1S/C22H31NOSi/c1-15(2)25(16(3)4,17(5)6)12-11-21-14-18(7)13-20-10-9-19(8)23(24)22(20)21/h9-10,13-17H,1-8H3. The molecule has 0 aliphatic carbocycles. The maximum atomic E-state index is 12.6. The molecule has 134 valence electrons. The number of fused-ring (bicyclic) bond motifs is 1. The fourth-order valence-corrected chi connectivity index (χ4v) is 9.54. The van der Waals surface area contributed by atoms with Crippen LogP contribution in [0.3, 0.4) is 0 Å². The predicted molar refractivity (Wildman–Crippen MR) is 110 cm³/mol. The van der Waals surface area contributed by atoms with Crippen molar-refractivity contribution < 1.29 is 4.73 Å². The monoisotopic (exact) mass is 353 g/mol. The van der Waals surface area contributed by atoms with Crippen LogP contribution in [0, 0.1) is 30.5 Å². The Kier molecular flexibility index (Phi) is 5.64. The lowest BCUT2D eigenvalue weighted by Gasteiger charge is -2.38. The molecule has 0 saturated heterocycles. The van der Waals surface area contributed by atoms with E-state index in [9.17, 15) is 5.21 Å². The fraction of sp³-hybridized carbons (Fsp3) is 0.500. The first kappa shape index (κ1) is 19.5. The van der Waals surface area contributed by atoms with Crippen molar-refractivity contribution in [2.24, 2.45) is 0 Å². The molecular formula is C22H31NOSi. The molecule has 0 N–H and O–H groups in total. The lowest BCUT2D eigenvalue weighted by molar-refractivity contribution is -0.584. The molecule has 0 amide bonds. The number of benzene rings is 1. The molecule has 2 rings (SSSR count). The second kappa shape index (κ2) is 7.21. The van der Waals surface area contributed by atoms with E-state index in [1.54, 1.807) is 0 Å². The molecule has 1 aromatic carbocycles. The highest BCUT2D eigenvalue weighted by atomic mass is 28.3. The number of aromatic nitrogens is 1. The Morgan fingerprint density at radius 1 is 0.920 bits per heavy atom. The lowest BCUT2D eigenvalue weighted by Crippen LogP contribution is -2.43. The molecule has 0 saturated carbocycles. The molecular weight excluding hydrogens is 322 g/mol. The first-order valence-corrected chi connectivity index (χ1v) is 11.5. The van der Waals surface area contributed by atoms with Crippen LogP contribution in [0.5, 0.6) is 0 Å². The van der Waals surface area contributed by atoms with Gasteiger partial charge in [-0.2, -0.15) is 4.73 Å². The van der Waals surface area contributed by atoms with Crippen molar-refractivity contribution in [3.8, 4) is 11.5 Å². The number of aryl methyl sites for hydroxylation is 2. The summed E-state index contributed by atoms with van der Waals surface area (Å²) < 4.78 is 1.03. The Hall–Kier alpha value is -1.79. The second-order valence-electron chi connectivity index (χ2n) is 8.17. The molecule has 2 nitrogen and oxygen atoms in total. The molecule has 25 heavy (non-hydrogen) atoms. The van der Waals surface area contributed by atoms with E-state index in [1.807, 2.05) is 19.1 Å². The normalized spacial score (nSPS) is 12.1. The first-order chi connectivity index (χ1) is 11.6. The quantitative estimate of drug-likeness (QED) is 0.303. The predicted octanol–water partition coefficient (Wildman–Crippen LogP) is 5.66. The molecule has 0 bridgehead atoms. The van der Waals surface area contributed by atoms with Gasteiger partial charge in [0.05, 0.1) is 5.56 Å². The number of pyridine rings is 1. The average Bonchev–Trinajstić information content (AvgIpc) is 2.50. The zero-order valence-corrected chi connectivity index (χ0v) is 17.9. The van der Waals surface area contributed by atoms with Crippen LogP contribution in [0.15, 0.2) is 24.3 Å². The fourth-order valence-electron chi connectivity index (χ4n) is 4.32. The van der Waals surface area contributed by atoms with E-state index in [0.29, 0.717) is 27.8 Å². The first-order valence-electron chi connectivity index (χ1n) is 9.28. The van der Waals surface area contributed by atoms with Gasteiger partial charge in [-0.15, -0.1) is 5.54 Å². The Morgan fingerprint density at radius 3 is 2.00 bits per heavy atom. The van der Waals surface area contributed by atoms with Crippen LogP contribution in [-0.4, -0.2) is 8.07 Å². The zero-order chi connectivity index (χ0) is 18.9. The van der Waals surface area contributed by atoms with Crippen molar-refractivity contribution >= 4 is 19.0 Å². The molecule has 0 spiro atoms. The summed E-state index contributed by atoms with van der Waals surface area (Å²) >= 11 is 0. The van der Waals surface area contributed by atoms with Crippen LogP contribution < -0.4 is 4.73 Å². The third kappa shape index (κ3) is 3.46. The van der Waals surface area contributed by atoms with Crippen molar-refractivity contribution in [2.45, 2.75) is 72.0 Å². The van der Waals surface area contributed by atoms with E-state index < -0.39 is 8.07 Å². The maximum Gasteiger partial charge on any atom is 0.239 e. The van der Waals surface area contributed by atoms with Crippen LogP contribution in [0.4, 0.5) is 0 Å². The molecule has 0 aliphatic heterocycles. The molecule has 1 heterocycles. The number of rotatable bonds is 3. The van der Waals surface area contributed by atoms with E-state index in [-0.39, 0.29) is 0 Å². The minimum atomic E-state index is -1.82. The van der Waals surface area contributed by atoms with Gasteiger partial charge in [0, 0.05) is 18.4 Å². The van der Waals surface area contributed by atoms with Gasteiger partial charge in [-0.3, -0.25) is 0 Å². The summed E-state index contributed by atoms with van der Waals surface area (Å²) in [5.41, 5.74) is 8.92. The molecule has 2 aromatic rings. The molecule has 0 radical (unpaired) electrons. The van der Waals surface area contributed by atoms with E-state index in [0.717, 1.165) is 21.2 Å².